The van der Waals surface area contributed by atoms with Crippen molar-refractivity contribution in [3.63, 3.8) is 0 Å². The molecule has 1 aromatic rings. The van der Waals surface area contributed by atoms with Crippen LogP contribution in [0.5, 0.6) is 0 Å². The van der Waals surface area contributed by atoms with Crippen LogP contribution in [0.3, 0.4) is 0 Å². The fourth-order valence-corrected chi connectivity index (χ4v) is 2.36. The van der Waals surface area contributed by atoms with E-state index in [1.54, 1.807) is 6.33 Å². The summed E-state index contributed by atoms with van der Waals surface area (Å²) in [5.41, 5.74) is 4.18. The van der Waals surface area contributed by atoms with Crippen LogP contribution in [0.4, 0.5) is 0 Å². The van der Waals surface area contributed by atoms with Crippen molar-refractivity contribution in [3.05, 3.63) is 23.3 Å². The first-order chi connectivity index (χ1) is 6.36. The minimum absolute atomic E-state index is 0.701. The predicted octanol–water partition coefficient (Wildman–Crippen LogP) is 2.40. The van der Waals surface area contributed by atoms with Gasteiger partial charge in [-0.15, -0.1) is 0 Å². The molecule has 2 nitrogen and oxygen atoms in total. The van der Waals surface area contributed by atoms with Crippen LogP contribution < -0.4 is 0 Å². The SMILES string of the molecule is C[C@@H]1CCc2ncnc(C3CC3)c21. The highest BCUT2D eigenvalue weighted by Gasteiger charge is 2.32. The third-order valence-corrected chi connectivity index (χ3v) is 3.27. The van der Waals surface area contributed by atoms with Gasteiger partial charge in [0, 0.05) is 11.6 Å². The van der Waals surface area contributed by atoms with Gasteiger partial charge in [0.05, 0.1) is 5.69 Å². The summed E-state index contributed by atoms with van der Waals surface area (Å²) in [5, 5.41) is 0. The summed E-state index contributed by atoms with van der Waals surface area (Å²) >= 11 is 0. The Morgan fingerprint density at radius 3 is 2.85 bits per heavy atom. The monoisotopic (exact) mass is 174 g/mol. The standard InChI is InChI=1S/C11H14N2/c1-7-2-5-9-10(7)11(8-3-4-8)13-6-12-9/h6-8H,2-5H2,1H3/t7-/m1/s1. The van der Waals surface area contributed by atoms with Crippen LogP contribution in [-0.2, 0) is 6.42 Å². The first-order valence-electron chi connectivity index (χ1n) is 5.20. The molecule has 0 aliphatic heterocycles. The van der Waals surface area contributed by atoms with Gasteiger partial charge < -0.3 is 0 Å². The maximum absolute atomic E-state index is 4.45. The Bertz CT molecular complexity index is 342. The number of hydrogen-bond donors (Lipinski definition) is 0. The Kier molecular flexibility index (Phi) is 1.46. The van der Waals surface area contributed by atoms with Gasteiger partial charge in [0.1, 0.15) is 6.33 Å². The molecule has 1 aromatic heterocycles. The van der Waals surface area contributed by atoms with E-state index in [-0.39, 0.29) is 0 Å². The van der Waals surface area contributed by atoms with Gasteiger partial charge in [0.25, 0.3) is 0 Å². The predicted molar refractivity (Wildman–Crippen MR) is 50.7 cm³/mol. The summed E-state index contributed by atoms with van der Waals surface area (Å²) in [6, 6.07) is 0. The number of rotatable bonds is 1. The quantitative estimate of drug-likeness (QED) is 0.653. The largest absolute Gasteiger partial charge is 0.241 e. The zero-order valence-electron chi connectivity index (χ0n) is 7.95. The molecule has 1 atom stereocenters. The molecular formula is C11H14N2. The lowest BCUT2D eigenvalue weighted by molar-refractivity contribution is 0.735. The molecule has 0 spiro atoms. The maximum Gasteiger partial charge on any atom is 0.115 e. The van der Waals surface area contributed by atoms with Gasteiger partial charge in [-0.25, -0.2) is 9.97 Å². The normalized spacial score (nSPS) is 26.1. The minimum atomic E-state index is 0.701. The third-order valence-electron chi connectivity index (χ3n) is 3.27. The molecule has 0 N–H and O–H groups in total. The summed E-state index contributed by atoms with van der Waals surface area (Å²) < 4.78 is 0. The second-order valence-corrected chi connectivity index (χ2v) is 4.33. The van der Waals surface area contributed by atoms with E-state index in [9.17, 15) is 0 Å². The van der Waals surface area contributed by atoms with E-state index in [4.69, 9.17) is 0 Å². The molecular weight excluding hydrogens is 160 g/mol. The molecule has 0 amide bonds. The van der Waals surface area contributed by atoms with E-state index in [0.717, 1.165) is 5.92 Å². The van der Waals surface area contributed by atoms with Gasteiger partial charge in [0.2, 0.25) is 0 Å². The Balaban J connectivity index is 2.14. The third kappa shape index (κ3) is 1.08. The first-order valence-corrected chi connectivity index (χ1v) is 5.20. The number of fused-ring (bicyclic) bond motifs is 1. The van der Waals surface area contributed by atoms with Gasteiger partial charge in [-0.2, -0.15) is 0 Å². The molecule has 0 saturated heterocycles. The van der Waals surface area contributed by atoms with Crippen LogP contribution in [0.1, 0.15) is 55.0 Å². The molecule has 0 aromatic carbocycles. The number of nitrogens with zero attached hydrogens (tertiary/aromatic N) is 2. The average Bonchev–Trinajstić information content (AvgIpc) is 2.92. The number of aryl methyl sites for hydroxylation is 1. The smallest absolute Gasteiger partial charge is 0.115 e. The van der Waals surface area contributed by atoms with Crippen molar-refractivity contribution in [2.45, 2.75) is 44.4 Å². The van der Waals surface area contributed by atoms with E-state index in [0.29, 0.717) is 5.92 Å². The lowest BCUT2D eigenvalue weighted by Crippen LogP contribution is -1.99. The van der Waals surface area contributed by atoms with Crippen LogP contribution in [0.2, 0.25) is 0 Å². The van der Waals surface area contributed by atoms with E-state index in [1.165, 1.54) is 42.6 Å². The molecule has 3 rings (SSSR count). The Morgan fingerprint density at radius 1 is 1.23 bits per heavy atom. The van der Waals surface area contributed by atoms with Crippen molar-refractivity contribution in [3.8, 4) is 0 Å². The van der Waals surface area contributed by atoms with Crippen molar-refractivity contribution in [1.29, 1.82) is 0 Å². The van der Waals surface area contributed by atoms with Crippen molar-refractivity contribution < 1.29 is 0 Å². The minimum Gasteiger partial charge on any atom is -0.241 e. The van der Waals surface area contributed by atoms with Gasteiger partial charge >= 0.3 is 0 Å². The second kappa shape index (κ2) is 2.53. The summed E-state index contributed by atoms with van der Waals surface area (Å²) in [4.78, 5) is 8.82. The van der Waals surface area contributed by atoms with Gasteiger partial charge in [0.15, 0.2) is 0 Å². The van der Waals surface area contributed by atoms with Crippen molar-refractivity contribution in [2.24, 2.45) is 0 Å². The van der Waals surface area contributed by atoms with Crippen molar-refractivity contribution in [2.75, 3.05) is 0 Å². The van der Waals surface area contributed by atoms with E-state index in [1.807, 2.05) is 0 Å². The zero-order valence-corrected chi connectivity index (χ0v) is 7.95. The average molecular weight is 174 g/mol. The van der Waals surface area contributed by atoms with Gasteiger partial charge in [-0.05, 0) is 37.2 Å². The van der Waals surface area contributed by atoms with Crippen LogP contribution in [0, 0.1) is 0 Å². The van der Waals surface area contributed by atoms with Crippen molar-refractivity contribution >= 4 is 0 Å². The number of aromatic nitrogens is 2. The molecule has 2 aliphatic carbocycles. The van der Waals surface area contributed by atoms with Gasteiger partial charge in [-0.1, -0.05) is 6.92 Å². The summed E-state index contributed by atoms with van der Waals surface area (Å²) in [6.45, 7) is 2.31. The summed E-state index contributed by atoms with van der Waals surface area (Å²) in [6.07, 6.45) is 6.88. The van der Waals surface area contributed by atoms with Crippen molar-refractivity contribution in [1.82, 2.24) is 9.97 Å². The van der Waals surface area contributed by atoms with Gasteiger partial charge in [-0.3, -0.25) is 0 Å². The zero-order chi connectivity index (χ0) is 8.84. The fourth-order valence-electron chi connectivity index (χ4n) is 2.36. The molecule has 0 radical (unpaired) electrons. The van der Waals surface area contributed by atoms with Crippen LogP contribution in [0.15, 0.2) is 6.33 Å². The van der Waals surface area contributed by atoms with Crippen LogP contribution >= 0.6 is 0 Å². The van der Waals surface area contributed by atoms with Crippen LogP contribution in [-0.4, -0.2) is 9.97 Å². The van der Waals surface area contributed by atoms with E-state index >= 15 is 0 Å². The Morgan fingerprint density at radius 2 is 2.08 bits per heavy atom. The summed E-state index contributed by atoms with van der Waals surface area (Å²) in [7, 11) is 0. The molecule has 68 valence electrons. The maximum atomic E-state index is 4.45. The molecule has 13 heavy (non-hydrogen) atoms. The molecule has 2 heteroatoms. The van der Waals surface area contributed by atoms with E-state index < -0.39 is 0 Å². The number of hydrogen-bond acceptors (Lipinski definition) is 2. The van der Waals surface area contributed by atoms with Crippen LogP contribution in [0.25, 0.3) is 0 Å². The second-order valence-electron chi connectivity index (χ2n) is 4.33. The highest BCUT2D eigenvalue weighted by Crippen LogP contribution is 2.45. The fraction of sp³-hybridized carbons (Fsp3) is 0.636. The molecule has 1 heterocycles. The highest BCUT2D eigenvalue weighted by atomic mass is 14.9. The molecule has 1 saturated carbocycles. The molecule has 0 unspecified atom stereocenters. The lowest BCUT2D eigenvalue weighted by Gasteiger charge is -2.08. The molecule has 2 aliphatic rings. The lowest BCUT2D eigenvalue weighted by atomic mass is 10.0. The van der Waals surface area contributed by atoms with E-state index in [2.05, 4.69) is 16.9 Å². The Hall–Kier alpha value is -0.920. The topological polar surface area (TPSA) is 25.8 Å². The first kappa shape index (κ1) is 7.48. The summed E-state index contributed by atoms with van der Waals surface area (Å²) in [5.74, 6) is 1.48. The molecule has 1 fully saturated rings. The Labute approximate surface area is 78.4 Å². The highest BCUT2D eigenvalue weighted by molar-refractivity contribution is 5.36. The molecule has 0 bridgehead atoms.